The summed E-state index contributed by atoms with van der Waals surface area (Å²) in [6, 6.07) is 130. The second kappa shape index (κ2) is 25.1. The van der Waals surface area contributed by atoms with Crippen LogP contribution in [0.25, 0.3) is 112 Å². The quantitative estimate of drug-likeness (QED) is 0.140. The highest BCUT2D eigenvalue weighted by molar-refractivity contribution is 6.08. The third-order valence-corrected chi connectivity index (χ3v) is 24.5. The smallest absolute Gasteiger partial charge is 0.164 e. The standard InChI is InChI=1S/C105H75N5/c1-102(2)89-58-54-66-29-20-21-44-79(66)97(89)86-65-91-85(64-92(86)102)84-57-53-73(62-90(84)103(91,3)4)101-109-98(68-32-12-6-13-33-68)108-100(110-101)72-36-26-34-69(59-72)70-35-27-43-78(60-70)105(77-41-18-9-19-42-77)88-48-25-23-46-81(88)83-56-52-74(63-94(83)105)99-106-95(67-30-10-5-11-31-67)49-28-50-96(107-99)71-51-55-82-80-45-22-24-47-87(80)104(93(82)61-71,75-37-14-7-15-38-75)76-39-16-8-17-40-76/h5-27,29-65H,28H2,1-4H3,(H,106,107)/b95-49?,96-50-. The lowest BCUT2D eigenvalue weighted by Gasteiger charge is -2.34. The number of nitrogens with zero attached hydrogens (tertiary/aromatic N) is 4. The number of rotatable bonds is 11. The number of hydrogen-bond donors (Lipinski definition) is 1. The van der Waals surface area contributed by atoms with Gasteiger partial charge < -0.3 is 5.32 Å². The predicted molar refractivity (Wildman–Crippen MR) is 452 cm³/mol. The van der Waals surface area contributed by atoms with E-state index in [1.165, 1.54) is 116 Å². The second-order valence-corrected chi connectivity index (χ2v) is 31.1. The first-order chi connectivity index (χ1) is 54.0. The molecule has 15 aromatic carbocycles. The minimum atomic E-state index is -0.764. The molecule has 5 nitrogen and oxygen atoms in total. The van der Waals surface area contributed by atoms with Crippen LogP contribution in [0.3, 0.4) is 0 Å². The van der Waals surface area contributed by atoms with Gasteiger partial charge in [-0.05, 0) is 193 Å². The van der Waals surface area contributed by atoms with Gasteiger partial charge in [0, 0.05) is 38.8 Å². The fraction of sp³-hybridized carbons (Fsp3) is 0.0857. The molecule has 110 heavy (non-hydrogen) atoms. The molecule has 1 aliphatic heterocycles. The summed E-state index contributed by atoms with van der Waals surface area (Å²) in [7, 11) is 0. The Balaban J connectivity index is 0.673. The molecule has 16 aromatic rings. The fourth-order valence-electron chi connectivity index (χ4n) is 19.3. The molecular weight excluding hydrogens is 1330 g/mol. The summed E-state index contributed by atoms with van der Waals surface area (Å²) in [5, 5.41) is 6.67. The van der Waals surface area contributed by atoms with Crippen LogP contribution >= 0.6 is 0 Å². The van der Waals surface area contributed by atoms with Crippen LogP contribution < -0.4 is 5.32 Å². The summed E-state index contributed by atoms with van der Waals surface area (Å²) in [4.78, 5) is 21.9. The topological polar surface area (TPSA) is 63.1 Å². The Labute approximate surface area is 642 Å². The van der Waals surface area contributed by atoms with E-state index in [4.69, 9.17) is 19.9 Å². The van der Waals surface area contributed by atoms with Crippen molar-refractivity contribution in [2.24, 2.45) is 4.99 Å². The molecule has 1 aromatic heterocycles. The Kier molecular flexibility index (Phi) is 14.8. The molecule has 0 fully saturated rings. The average molecular weight is 1410 g/mol. The summed E-state index contributed by atoms with van der Waals surface area (Å²) >= 11 is 0. The largest absolute Gasteiger partial charge is 0.339 e. The monoisotopic (exact) mass is 1410 g/mol. The van der Waals surface area contributed by atoms with Crippen LogP contribution in [0.5, 0.6) is 0 Å². The number of amidine groups is 1. The van der Waals surface area contributed by atoms with Crippen molar-refractivity contribution in [1.82, 2.24) is 20.3 Å². The number of benzene rings is 15. The number of fused-ring (bicyclic) bond motifs is 14. The van der Waals surface area contributed by atoms with Crippen molar-refractivity contribution in [1.29, 1.82) is 0 Å². The molecule has 0 spiro atoms. The molecule has 1 N–H and O–H groups in total. The van der Waals surface area contributed by atoms with Crippen LogP contribution in [0, 0.1) is 0 Å². The van der Waals surface area contributed by atoms with Crippen molar-refractivity contribution in [2.45, 2.75) is 55.8 Å². The molecule has 0 saturated heterocycles. The molecule has 1 atom stereocenters. The maximum absolute atomic E-state index is 5.75. The van der Waals surface area contributed by atoms with E-state index in [-0.39, 0.29) is 10.8 Å². The first-order valence-electron chi connectivity index (χ1n) is 38.4. The molecule has 4 aliphatic carbocycles. The molecule has 5 heteroatoms. The van der Waals surface area contributed by atoms with Gasteiger partial charge >= 0.3 is 0 Å². The van der Waals surface area contributed by atoms with Crippen LogP contribution in [0.15, 0.2) is 369 Å². The zero-order valence-electron chi connectivity index (χ0n) is 61.6. The summed E-state index contributed by atoms with van der Waals surface area (Å²) in [6.45, 7) is 9.54. The lowest BCUT2D eigenvalue weighted by molar-refractivity contribution is 0.652. The lowest BCUT2D eigenvalue weighted by atomic mass is 9.67. The zero-order valence-corrected chi connectivity index (χ0v) is 61.6. The highest BCUT2D eigenvalue weighted by Gasteiger charge is 2.49. The van der Waals surface area contributed by atoms with Crippen molar-refractivity contribution < 1.29 is 0 Å². The predicted octanol–water partition coefficient (Wildman–Crippen LogP) is 24.9. The van der Waals surface area contributed by atoms with E-state index < -0.39 is 10.8 Å². The van der Waals surface area contributed by atoms with E-state index in [1.807, 2.05) is 6.07 Å². The number of nitrogens with one attached hydrogen (secondary N) is 1. The SMILES string of the molecule is CC1(C)c2cc(-c3nc(-c4ccccc4)nc(-c4cccc(-c5cccc(C6(c7ccccc7)c7ccccc7-c7ccc(C8=NC(c9ccccc9)=CC/C=C(/c9ccc%10c(c9)C(c9ccccc9)(c9ccccc9)c9ccccc9-%10)N8)cc76)c5)c4)n3)ccc2-c2cc3c(cc21)-c1c(ccc2ccccc12)C3(C)C. The molecule has 520 valence electrons. The molecule has 2 heterocycles. The van der Waals surface area contributed by atoms with Gasteiger partial charge in [0.25, 0.3) is 0 Å². The molecule has 21 rings (SSSR count). The summed E-state index contributed by atoms with van der Waals surface area (Å²) < 4.78 is 0. The van der Waals surface area contributed by atoms with Gasteiger partial charge in [0.2, 0.25) is 0 Å². The Morgan fingerprint density at radius 3 is 1.34 bits per heavy atom. The third-order valence-electron chi connectivity index (χ3n) is 24.5. The Morgan fingerprint density at radius 2 is 0.691 bits per heavy atom. The highest BCUT2D eigenvalue weighted by Crippen LogP contribution is 2.61. The molecule has 1 unspecified atom stereocenters. The Bertz CT molecular complexity index is 6530. The maximum atomic E-state index is 5.75. The lowest BCUT2D eigenvalue weighted by Crippen LogP contribution is -2.30. The fourth-order valence-corrected chi connectivity index (χ4v) is 19.3. The van der Waals surface area contributed by atoms with Gasteiger partial charge in [-0.1, -0.05) is 349 Å². The first kappa shape index (κ1) is 64.9. The number of aromatic nitrogens is 3. The molecule has 0 saturated carbocycles. The van der Waals surface area contributed by atoms with Crippen molar-refractivity contribution >= 4 is 28.0 Å². The molecule has 5 aliphatic rings. The Morgan fingerprint density at radius 1 is 0.264 bits per heavy atom. The third kappa shape index (κ3) is 9.86. The van der Waals surface area contributed by atoms with E-state index in [0.29, 0.717) is 23.9 Å². The number of hydrogen-bond acceptors (Lipinski definition) is 5. The van der Waals surface area contributed by atoms with Gasteiger partial charge in [-0.2, -0.15) is 0 Å². The minimum Gasteiger partial charge on any atom is -0.339 e. The van der Waals surface area contributed by atoms with Crippen LogP contribution in [0.4, 0.5) is 0 Å². The van der Waals surface area contributed by atoms with Gasteiger partial charge in [0.1, 0.15) is 5.84 Å². The van der Waals surface area contributed by atoms with Gasteiger partial charge in [-0.15, -0.1) is 0 Å². The molecule has 0 radical (unpaired) electrons. The molecule has 0 amide bonds. The summed E-state index contributed by atoms with van der Waals surface area (Å²) in [5.41, 5.74) is 33.4. The normalized spacial score (nSPS) is 16.6. The van der Waals surface area contributed by atoms with Crippen LogP contribution in [0.2, 0.25) is 0 Å². The highest BCUT2D eigenvalue weighted by atomic mass is 15.0. The van der Waals surface area contributed by atoms with Crippen molar-refractivity contribution in [3.8, 4) is 89.8 Å². The van der Waals surface area contributed by atoms with Gasteiger partial charge in [-0.25, -0.2) is 19.9 Å². The first-order valence-corrected chi connectivity index (χ1v) is 38.4. The molecule has 0 bridgehead atoms. The Hall–Kier alpha value is -13.5. The van der Waals surface area contributed by atoms with Gasteiger partial charge in [0.05, 0.1) is 16.5 Å². The number of aliphatic imine (C=N–C) groups is 1. The van der Waals surface area contributed by atoms with Crippen molar-refractivity contribution in [2.75, 3.05) is 0 Å². The van der Waals surface area contributed by atoms with E-state index in [2.05, 4.69) is 391 Å². The zero-order chi connectivity index (χ0) is 73.5. The van der Waals surface area contributed by atoms with E-state index in [1.54, 1.807) is 0 Å². The van der Waals surface area contributed by atoms with Crippen LogP contribution in [0.1, 0.15) is 118 Å². The van der Waals surface area contributed by atoms with Crippen molar-refractivity contribution in [3.63, 3.8) is 0 Å². The second-order valence-electron chi connectivity index (χ2n) is 31.1. The number of allylic oxidation sites excluding steroid dienone is 2. The van der Waals surface area contributed by atoms with E-state index in [9.17, 15) is 0 Å². The minimum absolute atomic E-state index is 0.155. The van der Waals surface area contributed by atoms with Crippen molar-refractivity contribution in [3.05, 3.63) is 447 Å². The molecular formula is C105H75N5. The van der Waals surface area contributed by atoms with Gasteiger partial charge in [0.15, 0.2) is 17.5 Å². The van der Waals surface area contributed by atoms with Gasteiger partial charge in [-0.3, -0.25) is 0 Å². The average Bonchev–Trinajstić information content (AvgIpc) is 1.54. The van der Waals surface area contributed by atoms with Crippen LogP contribution in [-0.4, -0.2) is 20.8 Å². The summed E-state index contributed by atoms with van der Waals surface area (Å²) in [6.07, 6.45) is 5.28. The summed E-state index contributed by atoms with van der Waals surface area (Å²) in [5.74, 6) is 2.62. The van der Waals surface area contributed by atoms with E-state index >= 15 is 0 Å². The van der Waals surface area contributed by atoms with Crippen LogP contribution in [-0.2, 0) is 21.7 Å². The maximum Gasteiger partial charge on any atom is 0.164 e. The van der Waals surface area contributed by atoms with E-state index in [0.717, 1.165) is 67.3 Å².